The normalized spacial score (nSPS) is 21.0. The number of nitrogens with one attached hydrogen (secondary N) is 1. The van der Waals surface area contributed by atoms with Crippen LogP contribution in [-0.2, 0) is 0 Å². The van der Waals surface area contributed by atoms with Gasteiger partial charge in [0.25, 0.3) is 0 Å². The van der Waals surface area contributed by atoms with E-state index in [9.17, 15) is 0 Å². The van der Waals surface area contributed by atoms with E-state index in [-0.39, 0.29) is 0 Å². The minimum atomic E-state index is 0.418. The molecule has 2 atom stereocenters. The van der Waals surface area contributed by atoms with Crippen LogP contribution in [-0.4, -0.2) is 31.1 Å². The van der Waals surface area contributed by atoms with E-state index in [0.29, 0.717) is 6.04 Å². The van der Waals surface area contributed by atoms with Crippen LogP contribution in [0.25, 0.3) is 10.8 Å². The predicted octanol–water partition coefficient (Wildman–Crippen LogP) is 3.97. The third-order valence-electron chi connectivity index (χ3n) is 4.91. The van der Waals surface area contributed by atoms with Crippen molar-refractivity contribution >= 4 is 10.8 Å². The standard InChI is InChI=1S/C19H26N2/c1-3-18-9-6-12-21(18)14-19(20-2)17-11-10-15-7-4-5-8-16(15)13-17/h4-5,7-8,10-11,13,18-20H,3,6,9,12,14H2,1-2H3. The van der Waals surface area contributed by atoms with Crippen molar-refractivity contribution < 1.29 is 0 Å². The van der Waals surface area contributed by atoms with Crippen LogP contribution in [0.5, 0.6) is 0 Å². The second kappa shape index (κ2) is 6.59. The maximum atomic E-state index is 3.51. The zero-order chi connectivity index (χ0) is 14.7. The van der Waals surface area contributed by atoms with Gasteiger partial charge >= 0.3 is 0 Å². The van der Waals surface area contributed by atoms with Crippen LogP contribution in [0.1, 0.15) is 37.8 Å². The first kappa shape index (κ1) is 14.6. The third-order valence-corrected chi connectivity index (χ3v) is 4.91. The average Bonchev–Trinajstić information content (AvgIpc) is 2.99. The fourth-order valence-electron chi connectivity index (χ4n) is 3.62. The maximum absolute atomic E-state index is 3.51. The number of hydrogen-bond acceptors (Lipinski definition) is 2. The van der Waals surface area contributed by atoms with Gasteiger partial charge in [0.15, 0.2) is 0 Å². The average molecular weight is 282 g/mol. The molecule has 112 valence electrons. The Hall–Kier alpha value is -1.38. The number of benzene rings is 2. The highest BCUT2D eigenvalue weighted by molar-refractivity contribution is 5.83. The van der Waals surface area contributed by atoms with Crippen LogP contribution >= 0.6 is 0 Å². The summed E-state index contributed by atoms with van der Waals surface area (Å²) in [6, 6.07) is 16.7. The van der Waals surface area contributed by atoms with Crippen molar-refractivity contribution in [3.63, 3.8) is 0 Å². The van der Waals surface area contributed by atoms with Crippen LogP contribution in [0, 0.1) is 0 Å². The lowest BCUT2D eigenvalue weighted by Crippen LogP contribution is -2.36. The number of fused-ring (bicyclic) bond motifs is 1. The summed E-state index contributed by atoms with van der Waals surface area (Å²) in [5.74, 6) is 0. The van der Waals surface area contributed by atoms with Crippen LogP contribution in [0.3, 0.4) is 0 Å². The second-order valence-corrected chi connectivity index (χ2v) is 6.15. The molecule has 0 aliphatic carbocycles. The molecule has 2 aromatic rings. The first-order valence-corrected chi connectivity index (χ1v) is 8.22. The van der Waals surface area contributed by atoms with Crippen LogP contribution in [0.15, 0.2) is 42.5 Å². The SMILES string of the molecule is CCC1CCCN1CC(NC)c1ccc2ccccc2c1. The Morgan fingerprint density at radius 3 is 2.76 bits per heavy atom. The van der Waals surface area contributed by atoms with E-state index < -0.39 is 0 Å². The van der Waals surface area contributed by atoms with Gasteiger partial charge in [-0.1, -0.05) is 43.3 Å². The lowest BCUT2D eigenvalue weighted by atomic mass is 10.0. The van der Waals surface area contributed by atoms with Gasteiger partial charge in [-0.3, -0.25) is 4.90 Å². The second-order valence-electron chi connectivity index (χ2n) is 6.15. The minimum absolute atomic E-state index is 0.418. The van der Waals surface area contributed by atoms with Crippen molar-refractivity contribution in [1.82, 2.24) is 10.2 Å². The summed E-state index contributed by atoms with van der Waals surface area (Å²) in [5.41, 5.74) is 1.40. The van der Waals surface area contributed by atoms with Crippen molar-refractivity contribution in [1.29, 1.82) is 0 Å². The Labute approximate surface area is 128 Å². The molecule has 0 amide bonds. The molecule has 2 unspecified atom stereocenters. The highest BCUT2D eigenvalue weighted by Crippen LogP contribution is 2.25. The van der Waals surface area contributed by atoms with Crippen molar-refractivity contribution in [3.8, 4) is 0 Å². The lowest BCUT2D eigenvalue weighted by molar-refractivity contribution is 0.224. The Kier molecular flexibility index (Phi) is 4.57. The van der Waals surface area contributed by atoms with Gasteiger partial charge in [0.2, 0.25) is 0 Å². The number of rotatable bonds is 5. The number of likely N-dealkylation sites (N-methyl/N-ethyl adjacent to an activating group) is 1. The fourth-order valence-corrected chi connectivity index (χ4v) is 3.62. The van der Waals surface area contributed by atoms with Crippen molar-refractivity contribution in [2.75, 3.05) is 20.1 Å². The maximum Gasteiger partial charge on any atom is 0.0447 e. The monoisotopic (exact) mass is 282 g/mol. The Balaban J connectivity index is 1.80. The quantitative estimate of drug-likeness (QED) is 0.892. The molecular weight excluding hydrogens is 256 g/mol. The molecule has 1 heterocycles. The van der Waals surface area contributed by atoms with Crippen molar-refractivity contribution in [2.45, 2.75) is 38.3 Å². The molecule has 1 saturated heterocycles. The van der Waals surface area contributed by atoms with Crippen LogP contribution in [0.2, 0.25) is 0 Å². The molecule has 0 saturated carbocycles. The summed E-state index contributed by atoms with van der Waals surface area (Å²) in [6.45, 7) is 4.69. The smallest absolute Gasteiger partial charge is 0.0447 e. The van der Waals surface area contributed by atoms with Crippen molar-refractivity contribution in [3.05, 3.63) is 48.0 Å². The molecule has 0 bridgehead atoms. The molecule has 21 heavy (non-hydrogen) atoms. The van der Waals surface area contributed by atoms with Gasteiger partial charge in [-0.05, 0) is 55.3 Å². The Bertz CT molecular complexity index is 593. The Morgan fingerprint density at radius 1 is 1.19 bits per heavy atom. The van der Waals surface area contributed by atoms with Gasteiger partial charge in [0, 0.05) is 18.6 Å². The molecular formula is C19H26N2. The van der Waals surface area contributed by atoms with E-state index in [4.69, 9.17) is 0 Å². The summed E-state index contributed by atoms with van der Waals surface area (Å²) < 4.78 is 0. The highest BCUT2D eigenvalue weighted by atomic mass is 15.2. The summed E-state index contributed by atoms with van der Waals surface area (Å²) in [6.07, 6.45) is 3.99. The summed E-state index contributed by atoms with van der Waals surface area (Å²) >= 11 is 0. The van der Waals surface area contributed by atoms with Gasteiger partial charge in [-0.2, -0.15) is 0 Å². The molecule has 2 aromatic carbocycles. The zero-order valence-electron chi connectivity index (χ0n) is 13.2. The molecule has 1 N–H and O–H groups in total. The Morgan fingerprint density at radius 2 is 2.00 bits per heavy atom. The molecule has 0 aromatic heterocycles. The fraction of sp³-hybridized carbons (Fsp3) is 0.474. The molecule has 1 aliphatic heterocycles. The van der Waals surface area contributed by atoms with E-state index in [1.54, 1.807) is 0 Å². The summed E-state index contributed by atoms with van der Waals surface area (Å²) in [4.78, 5) is 2.66. The summed E-state index contributed by atoms with van der Waals surface area (Å²) in [7, 11) is 2.08. The first-order chi connectivity index (χ1) is 10.3. The first-order valence-electron chi connectivity index (χ1n) is 8.22. The molecule has 3 rings (SSSR count). The largest absolute Gasteiger partial charge is 0.312 e. The van der Waals surface area contributed by atoms with E-state index in [1.165, 1.54) is 42.1 Å². The molecule has 0 radical (unpaired) electrons. The van der Waals surface area contributed by atoms with Gasteiger partial charge in [0.1, 0.15) is 0 Å². The van der Waals surface area contributed by atoms with Gasteiger partial charge < -0.3 is 5.32 Å². The third kappa shape index (κ3) is 3.12. The molecule has 2 nitrogen and oxygen atoms in total. The molecule has 2 heteroatoms. The molecule has 1 aliphatic rings. The zero-order valence-corrected chi connectivity index (χ0v) is 13.2. The number of nitrogens with zero attached hydrogens (tertiary/aromatic N) is 1. The predicted molar refractivity (Wildman–Crippen MR) is 90.6 cm³/mol. The van der Waals surface area contributed by atoms with E-state index in [2.05, 4.69) is 66.7 Å². The number of likely N-dealkylation sites (tertiary alicyclic amines) is 1. The van der Waals surface area contributed by atoms with E-state index in [0.717, 1.165) is 12.6 Å². The molecule has 0 spiro atoms. The summed E-state index contributed by atoms with van der Waals surface area (Å²) in [5, 5.41) is 6.17. The minimum Gasteiger partial charge on any atom is -0.312 e. The van der Waals surface area contributed by atoms with Gasteiger partial charge in [-0.15, -0.1) is 0 Å². The van der Waals surface area contributed by atoms with Crippen LogP contribution < -0.4 is 5.32 Å². The van der Waals surface area contributed by atoms with E-state index >= 15 is 0 Å². The van der Waals surface area contributed by atoms with Crippen molar-refractivity contribution in [2.24, 2.45) is 0 Å². The van der Waals surface area contributed by atoms with Crippen LogP contribution in [0.4, 0.5) is 0 Å². The van der Waals surface area contributed by atoms with Gasteiger partial charge in [0.05, 0.1) is 0 Å². The topological polar surface area (TPSA) is 15.3 Å². The lowest BCUT2D eigenvalue weighted by Gasteiger charge is -2.28. The van der Waals surface area contributed by atoms with E-state index in [1.807, 2.05) is 0 Å². The van der Waals surface area contributed by atoms with Gasteiger partial charge in [-0.25, -0.2) is 0 Å². The molecule has 1 fully saturated rings. The highest BCUT2D eigenvalue weighted by Gasteiger charge is 2.25. The number of hydrogen-bond donors (Lipinski definition) is 1.